The summed E-state index contributed by atoms with van der Waals surface area (Å²) in [7, 11) is 0. The van der Waals surface area contributed by atoms with Gasteiger partial charge in [0.2, 0.25) is 0 Å². The van der Waals surface area contributed by atoms with Gasteiger partial charge < -0.3 is 10.6 Å². The van der Waals surface area contributed by atoms with Crippen molar-refractivity contribution in [3.8, 4) is 0 Å². The maximum atomic E-state index is 7.11. The van der Waals surface area contributed by atoms with Crippen LogP contribution in [0.25, 0.3) is 0 Å². The average Bonchev–Trinajstić information content (AvgIpc) is 2.12. The van der Waals surface area contributed by atoms with Gasteiger partial charge in [-0.2, -0.15) is 0 Å². The van der Waals surface area contributed by atoms with Crippen LogP contribution in [0.4, 0.5) is 0 Å². The summed E-state index contributed by atoms with van der Waals surface area (Å²) >= 11 is 0. The first-order chi connectivity index (χ1) is 6.68. The molecule has 0 radical (unpaired) electrons. The van der Waals surface area contributed by atoms with Crippen LogP contribution in [0.1, 0.15) is 39.0 Å². The lowest BCUT2D eigenvalue weighted by Gasteiger charge is -2.30. The highest BCUT2D eigenvalue weighted by molar-refractivity contribution is 5.76. The van der Waals surface area contributed by atoms with Crippen molar-refractivity contribution >= 4 is 5.84 Å². The largest absolute Gasteiger partial charge is 0.388 e. The van der Waals surface area contributed by atoms with E-state index < -0.39 is 0 Å². The normalized spacial score (nSPS) is 23.6. The Morgan fingerprint density at radius 3 is 2.93 bits per heavy atom. The molecule has 1 aliphatic heterocycles. The summed E-state index contributed by atoms with van der Waals surface area (Å²) in [6, 6.07) is 0. The fraction of sp³-hybridized carbons (Fsp3) is 0.909. The van der Waals surface area contributed by atoms with Crippen LogP contribution in [-0.2, 0) is 0 Å². The fourth-order valence-electron chi connectivity index (χ4n) is 2.14. The number of hydrogen-bond donors (Lipinski definition) is 2. The second kappa shape index (κ2) is 6.02. The highest BCUT2D eigenvalue weighted by Crippen LogP contribution is 2.15. The maximum absolute atomic E-state index is 7.11. The molecule has 0 aliphatic carbocycles. The number of likely N-dealkylation sites (tertiary alicyclic amines) is 1. The molecule has 1 heterocycles. The number of unbranched alkanes of at least 4 members (excludes halogenated alkanes) is 1. The third kappa shape index (κ3) is 4.61. The lowest BCUT2D eigenvalue weighted by Crippen LogP contribution is -2.35. The van der Waals surface area contributed by atoms with Crippen molar-refractivity contribution in [2.45, 2.75) is 39.0 Å². The van der Waals surface area contributed by atoms with E-state index in [1.54, 1.807) is 0 Å². The van der Waals surface area contributed by atoms with E-state index in [4.69, 9.17) is 11.1 Å². The van der Waals surface area contributed by atoms with Crippen LogP contribution in [0.15, 0.2) is 0 Å². The van der Waals surface area contributed by atoms with Gasteiger partial charge in [0.25, 0.3) is 0 Å². The number of nitrogens with zero attached hydrogens (tertiary/aromatic N) is 1. The summed E-state index contributed by atoms with van der Waals surface area (Å²) in [5.41, 5.74) is 5.30. The monoisotopic (exact) mass is 197 g/mol. The molecular formula is C11H23N3. The van der Waals surface area contributed by atoms with Crippen LogP contribution >= 0.6 is 0 Å². The van der Waals surface area contributed by atoms with Crippen molar-refractivity contribution in [2.75, 3.05) is 19.6 Å². The molecule has 3 heteroatoms. The van der Waals surface area contributed by atoms with E-state index in [9.17, 15) is 0 Å². The smallest absolute Gasteiger partial charge is 0.0905 e. The number of amidine groups is 1. The molecule has 1 saturated heterocycles. The molecule has 1 atom stereocenters. The average molecular weight is 197 g/mol. The van der Waals surface area contributed by atoms with E-state index in [0.717, 1.165) is 18.8 Å². The maximum Gasteiger partial charge on any atom is 0.0905 e. The van der Waals surface area contributed by atoms with Crippen LogP contribution in [0.5, 0.6) is 0 Å². The first kappa shape index (κ1) is 11.5. The zero-order chi connectivity index (χ0) is 10.4. The Morgan fingerprint density at radius 1 is 1.50 bits per heavy atom. The van der Waals surface area contributed by atoms with Crippen molar-refractivity contribution in [1.29, 1.82) is 5.41 Å². The summed E-state index contributed by atoms with van der Waals surface area (Å²) in [6.07, 6.45) is 5.77. The van der Waals surface area contributed by atoms with E-state index in [-0.39, 0.29) is 0 Å². The molecule has 3 nitrogen and oxygen atoms in total. The molecule has 82 valence electrons. The van der Waals surface area contributed by atoms with Gasteiger partial charge in [-0.05, 0) is 44.7 Å². The van der Waals surface area contributed by atoms with Gasteiger partial charge in [0.1, 0.15) is 0 Å². The van der Waals surface area contributed by atoms with Gasteiger partial charge in [0.15, 0.2) is 0 Å². The lowest BCUT2D eigenvalue weighted by atomic mass is 10.00. The molecule has 0 amide bonds. The number of hydrogen-bond acceptors (Lipinski definition) is 2. The van der Waals surface area contributed by atoms with Gasteiger partial charge in [-0.1, -0.05) is 6.92 Å². The van der Waals surface area contributed by atoms with Crippen molar-refractivity contribution in [3.63, 3.8) is 0 Å². The SMILES string of the molecule is CC1CCCN(CCCCC(=N)N)C1. The van der Waals surface area contributed by atoms with Gasteiger partial charge in [-0.25, -0.2) is 0 Å². The highest BCUT2D eigenvalue weighted by Gasteiger charge is 2.15. The molecule has 0 aromatic rings. The minimum atomic E-state index is 0.331. The van der Waals surface area contributed by atoms with Gasteiger partial charge in [0, 0.05) is 13.0 Å². The van der Waals surface area contributed by atoms with E-state index in [0.29, 0.717) is 5.84 Å². The Labute approximate surface area is 87.2 Å². The summed E-state index contributed by atoms with van der Waals surface area (Å²) < 4.78 is 0. The lowest BCUT2D eigenvalue weighted by molar-refractivity contribution is 0.181. The molecule has 0 aromatic heterocycles. The first-order valence-electron chi connectivity index (χ1n) is 5.73. The molecule has 0 spiro atoms. The Bertz CT molecular complexity index is 179. The molecule has 3 N–H and O–H groups in total. The summed E-state index contributed by atoms with van der Waals surface area (Å²) in [5.74, 6) is 1.20. The molecular weight excluding hydrogens is 174 g/mol. The number of rotatable bonds is 5. The van der Waals surface area contributed by atoms with Crippen LogP contribution < -0.4 is 5.73 Å². The third-order valence-electron chi connectivity index (χ3n) is 2.91. The Morgan fingerprint density at radius 2 is 2.29 bits per heavy atom. The molecule has 0 bridgehead atoms. The quantitative estimate of drug-likeness (QED) is 0.401. The van der Waals surface area contributed by atoms with E-state index in [2.05, 4.69) is 11.8 Å². The van der Waals surface area contributed by atoms with Crippen LogP contribution in [0.2, 0.25) is 0 Å². The standard InChI is InChI=1S/C11H23N3/c1-10-5-4-8-14(9-10)7-3-2-6-11(12)13/h10H,2-9H2,1H3,(H3,12,13). The summed E-state index contributed by atoms with van der Waals surface area (Å²) in [4.78, 5) is 2.55. The van der Waals surface area contributed by atoms with Crippen LogP contribution in [0.3, 0.4) is 0 Å². The number of piperidine rings is 1. The van der Waals surface area contributed by atoms with Gasteiger partial charge in [-0.3, -0.25) is 5.41 Å². The van der Waals surface area contributed by atoms with E-state index in [1.165, 1.54) is 38.9 Å². The van der Waals surface area contributed by atoms with Crippen molar-refractivity contribution in [3.05, 3.63) is 0 Å². The van der Waals surface area contributed by atoms with Gasteiger partial charge in [-0.15, -0.1) is 0 Å². The highest BCUT2D eigenvalue weighted by atomic mass is 15.1. The fourth-order valence-corrected chi connectivity index (χ4v) is 2.14. The second-order valence-corrected chi connectivity index (χ2v) is 4.53. The predicted molar refractivity (Wildman–Crippen MR) is 60.6 cm³/mol. The number of nitrogens with two attached hydrogens (primary N) is 1. The molecule has 1 unspecified atom stereocenters. The predicted octanol–water partition coefficient (Wildman–Crippen LogP) is 1.82. The summed E-state index contributed by atoms with van der Waals surface area (Å²) in [6.45, 7) is 6.06. The zero-order valence-corrected chi connectivity index (χ0v) is 9.26. The van der Waals surface area contributed by atoms with Gasteiger partial charge >= 0.3 is 0 Å². The Hall–Kier alpha value is -0.570. The van der Waals surface area contributed by atoms with Crippen LogP contribution in [0, 0.1) is 11.3 Å². The van der Waals surface area contributed by atoms with Crippen molar-refractivity contribution < 1.29 is 0 Å². The minimum absolute atomic E-state index is 0.331. The van der Waals surface area contributed by atoms with Crippen molar-refractivity contribution in [1.82, 2.24) is 4.90 Å². The Kier molecular flexibility index (Phi) is 4.94. The zero-order valence-electron chi connectivity index (χ0n) is 9.26. The van der Waals surface area contributed by atoms with Crippen molar-refractivity contribution in [2.24, 2.45) is 11.7 Å². The topological polar surface area (TPSA) is 53.1 Å². The first-order valence-corrected chi connectivity index (χ1v) is 5.73. The van der Waals surface area contributed by atoms with Gasteiger partial charge in [0.05, 0.1) is 5.84 Å². The molecule has 1 fully saturated rings. The molecule has 1 rings (SSSR count). The van der Waals surface area contributed by atoms with E-state index in [1.807, 2.05) is 0 Å². The molecule has 0 aromatic carbocycles. The van der Waals surface area contributed by atoms with E-state index >= 15 is 0 Å². The van der Waals surface area contributed by atoms with Crippen LogP contribution in [-0.4, -0.2) is 30.4 Å². The molecule has 1 aliphatic rings. The minimum Gasteiger partial charge on any atom is -0.388 e. The molecule has 0 saturated carbocycles. The second-order valence-electron chi connectivity index (χ2n) is 4.53. The summed E-state index contributed by atoms with van der Waals surface area (Å²) in [5, 5.41) is 7.11. The Balaban J connectivity index is 2.03. The number of nitrogens with one attached hydrogen (secondary N) is 1. The third-order valence-corrected chi connectivity index (χ3v) is 2.91. The molecule has 14 heavy (non-hydrogen) atoms.